The van der Waals surface area contributed by atoms with E-state index in [-0.39, 0.29) is 6.04 Å². The first-order valence-electron chi connectivity index (χ1n) is 11.4. The maximum atomic E-state index is 4.85. The summed E-state index contributed by atoms with van der Waals surface area (Å²) >= 11 is 0. The second-order valence-corrected chi connectivity index (χ2v) is 8.59. The Hall–Kier alpha value is -2.50. The molecule has 0 radical (unpaired) electrons. The third-order valence-electron chi connectivity index (χ3n) is 5.69. The van der Waals surface area contributed by atoms with Crippen molar-refractivity contribution in [2.24, 2.45) is 10.9 Å². The van der Waals surface area contributed by atoms with E-state index in [0.29, 0.717) is 5.92 Å². The number of rotatable bonds is 8. The van der Waals surface area contributed by atoms with Gasteiger partial charge in [0.15, 0.2) is 5.96 Å². The molecule has 1 aromatic heterocycles. The summed E-state index contributed by atoms with van der Waals surface area (Å²) in [6.07, 6.45) is 2.59. The fraction of sp³-hybridized carbons (Fsp3) is 0.583. The van der Waals surface area contributed by atoms with Crippen LogP contribution in [0.1, 0.15) is 56.6 Å². The lowest BCUT2D eigenvalue weighted by Crippen LogP contribution is -2.39. The van der Waals surface area contributed by atoms with Crippen LogP contribution < -0.4 is 15.5 Å². The maximum Gasteiger partial charge on any atom is 0.191 e. The highest BCUT2D eigenvalue weighted by Gasteiger charge is 2.15. The van der Waals surface area contributed by atoms with E-state index in [2.05, 4.69) is 83.3 Å². The highest BCUT2D eigenvalue weighted by atomic mass is 15.3. The molecule has 2 unspecified atom stereocenters. The minimum atomic E-state index is 0.191. The fourth-order valence-electron chi connectivity index (χ4n) is 4.03. The SMILES string of the molecule is CCNC(=NCC(C)Cn1nc(C)cc1C)NC(C)c1cccc(N2CCCC2)c1. The lowest BCUT2D eigenvalue weighted by Gasteiger charge is -2.22. The van der Waals surface area contributed by atoms with Crippen LogP contribution in [0.2, 0.25) is 0 Å². The predicted octanol–water partition coefficient (Wildman–Crippen LogP) is 4.05. The smallest absolute Gasteiger partial charge is 0.191 e. The zero-order chi connectivity index (χ0) is 21.5. The van der Waals surface area contributed by atoms with Crippen LogP contribution in [-0.2, 0) is 6.54 Å². The summed E-state index contributed by atoms with van der Waals surface area (Å²) in [5.74, 6) is 1.28. The van der Waals surface area contributed by atoms with Crippen LogP contribution in [-0.4, -0.2) is 41.9 Å². The number of nitrogens with one attached hydrogen (secondary N) is 2. The van der Waals surface area contributed by atoms with Gasteiger partial charge in [-0.25, -0.2) is 0 Å². The van der Waals surface area contributed by atoms with Gasteiger partial charge in [0.05, 0.1) is 11.7 Å². The van der Waals surface area contributed by atoms with Gasteiger partial charge in [-0.05, 0) is 70.2 Å². The summed E-state index contributed by atoms with van der Waals surface area (Å²) in [6, 6.07) is 11.2. The van der Waals surface area contributed by atoms with Crippen LogP contribution in [0.4, 0.5) is 5.69 Å². The van der Waals surface area contributed by atoms with E-state index < -0.39 is 0 Å². The van der Waals surface area contributed by atoms with E-state index in [1.807, 2.05) is 6.92 Å². The van der Waals surface area contributed by atoms with Crippen LogP contribution >= 0.6 is 0 Å². The molecule has 3 rings (SSSR count). The van der Waals surface area contributed by atoms with Crippen LogP contribution in [0.3, 0.4) is 0 Å². The number of benzene rings is 1. The van der Waals surface area contributed by atoms with E-state index in [1.165, 1.54) is 42.9 Å². The zero-order valence-electron chi connectivity index (χ0n) is 19.3. The van der Waals surface area contributed by atoms with Crippen molar-refractivity contribution in [2.45, 2.75) is 60.0 Å². The van der Waals surface area contributed by atoms with Crippen molar-refractivity contribution in [3.05, 3.63) is 47.3 Å². The van der Waals surface area contributed by atoms with Crippen LogP contribution in [0.15, 0.2) is 35.3 Å². The van der Waals surface area contributed by atoms with Gasteiger partial charge < -0.3 is 15.5 Å². The molecule has 0 aliphatic carbocycles. The van der Waals surface area contributed by atoms with Crippen LogP contribution in [0.25, 0.3) is 0 Å². The minimum absolute atomic E-state index is 0.191. The molecule has 2 N–H and O–H groups in total. The Morgan fingerprint density at radius 3 is 2.60 bits per heavy atom. The first-order valence-corrected chi connectivity index (χ1v) is 11.4. The van der Waals surface area contributed by atoms with Gasteiger partial charge in [-0.3, -0.25) is 9.67 Å². The van der Waals surface area contributed by atoms with Gasteiger partial charge in [-0.1, -0.05) is 19.1 Å². The molecule has 30 heavy (non-hydrogen) atoms. The molecular weight excluding hydrogens is 372 g/mol. The van der Waals surface area contributed by atoms with Gasteiger partial charge >= 0.3 is 0 Å². The zero-order valence-corrected chi connectivity index (χ0v) is 19.3. The van der Waals surface area contributed by atoms with E-state index in [0.717, 1.165) is 31.3 Å². The van der Waals surface area contributed by atoms with Crippen molar-refractivity contribution in [3.63, 3.8) is 0 Å². The first-order chi connectivity index (χ1) is 14.5. The lowest BCUT2D eigenvalue weighted by molar-refractivity contribution is 0.449. The molecule has 1 aliphatic heterocycles. The monoisotopic (exact) mass is 410 g/mol. The number of aliphatic imine (C=N–C) groups is 1. The van der Waals surface area contributed by atoms with Gasteiger partial charge in [0.1, 0.15) is 0 Å². The van der Waals surface area contributed by atoms with Crippen LogP contribution in [0, 0.1) is 19.8 Å². The highest BCUT2D eigenvalue weighted by molar-refractivity contribution is 5.80. The van der Waals surface area contributed by atoms with Crippen LogP contribution in [0.5, 0.6) is 0 Å². The molecule has 164 valence electrons. The van der Waals surface area contributed by atoms with Crippen molar-refractivity contribution < 1.29 is 0 Å². The molecule has 2 atom stereocenters. The first kappa shape index (κ1) is 22.2. The molecule has 2 heterocycles. The van der Waals surface area contributed by atoms with Crippen molar-refractivity contribution in [3.8, 4) is 0 Å². The fourth-order valence-corrected chi connectivity index (χ4v) is 4.03. The average molecular weight is 411 g/mol. The summed E-state index contributed by atoms with van der Waals surface area (Å²) in [5, 5.41) is 11.6. The van der Waals surface area contributed by atoms with E-state index in [4.69, 9.17) is 4.99 Å². The maximum absolute atomic E-state index is 4.85. The van der Waals surface area contributed by atoms with Gasteiger partial charge in [0, 0.05) is 44.1 Å². The van der Waals surface area contributed by atoms with E-state index in [1.54, 1.807) is 0 Å². The molecule has 0 bridgehead atoms. The summed E-state index contributed by atoms with van der Waals surface area (Å²) < 4.78 is 2.09. The number of aryl methyl sites for hydroxylation is 2. The Kier molecular flexibility index (Phi) is 7.77. The Bertz CT molecular complexity index is 834. The highest BCUT2D eigenvalue weighted by Crippen LogP contribution is 2.24. The summed E-state index contributed by atoms with van der Waals surface area (Å²) in [4.78, 5) is 7.34. The van der Waals surface area contributed by atoms with Crippen molar-refractivity contribution in [2.75, 3.05) is 31.1 Å². The Morgan fingerprint density at radius 2 is 1.93 bits per heavy atom. The number of hydrogen-bond acceptors (Lipinski definition) is 3. The summed E-state index contributed by atoms with van der Waals surface area (Å²) in [5.41, 5.74) is 4.91. The second-order valence-electron chi connectivity index (χ2n) is 8.59. The Balaban J connectivity index is 1.61. The molecular formula is C24H38N6. The standard InChI is InChI=1S/C24H38N6/c1-6-25-24(26-16-18(2)17-30-20(4)14-19(3)28-30)27-21(5)22-10-9-11-23(15-22)29-12-7-8-13-29/h9-11,14-15,18,21H,6-8,12-13,16-17H2,1-5H3,(H2,25,26,27). The lowest BCUT2D eigenvalue weighted by atomic mass is 10.1. The van der Waals surface area contributed by atoms with Crippen molar-refractivity contribution in [1.82, 2.24) is 20.4 Å². The molecule has 6 nitrogen and oxygen atoms in total. The van der Waals surface area contributed by atoms with Crippen molar-refractivity contribution in [1.29, 1.82) is 0 Å². The van der Waals surface area contributed by atoms with Crippen molar-refractivity contribution >= 4 is 11.6 Å². The number of anilines is 1. The molecule has 1 aromatic carbocycles. The van der Waals surface area contributed by atoms with E-state index in [9.17, 15) is 0 Å². The summed E-state index contributed by atoms with van der Waals surface area (Å²) in [7, 11) is 0. The van der Waals surface area contributed by atoms with Gasteiger partial charge in [0.25, 0.3) is 0 Å². The number of guanidine groups is 1. The van der Waals surface area contributed by atoms with Gasteiger partial charge in [-0.15, -0.1) is 0 Å². The van der Waals surface area contributed by atoms with Gasteiger partial charge in [-0.2, -0.15) is 5.10 Å². The minimum Gasteiger partial charge on any atom is -0.372 e. The number of hydrogen-bond donors (Lipinski definition) is 2. The molecule has 0 saturated carbocycles. The molecule has 0 spiro atoms. The average Bonchev–Trinajstić information content (AvgIpc) is 3.36. The molecule has 6 heteroatoms. The largest absolute Gasteiger partial charge is 0.372 e. The molecule has 0 amide bonds. The third kappa shape index (κ3) is 6.00. The number of aromatic nitrogens is 2. The Morgan fingerprint density at radius 1 is 1.17 bits per heavy atom. The predicted molar refractivity (Wildman–Crippen MR) is 126 cm³/mol. The normalized spacial score (nSPS) is 16.6. The van der Waals surface area contributed by atoms with E-state index >= 15 is 0 Å². The van der Waals surface area contributed by atoms with Gasteiger partial charge in [0.2, 0.25) is 0 Å². The quantitative estimate of drug-likeness (QED) is 0.509. The third-order valence-corrected chi connectivity index (χ3v) is 5.69. The summed E-state index contributed by atoms with van der Waals surface area (Å²) in [6.45, 7) is 15.5. The molecule has 1 fully saturated rings. The molecule has 1 saturated heterocycles. The molecule has 2 aromatic rings. The number of nitrogens with zero attached hydrogens (tertiary/aromatic N) is 4. The Labute approximate surface area is 181 Å². The topological polar surface area (TPSA) is 57.5 Å². The second kappa shape index (κ2) is 10.5. The molecule has 1 aliphatic rings.